The lowest BCUT2D eigenvalue weighted by Crippen LogP contribution is -2.52. The van der Waals surface area contributed by atoms with Crippen LogP contribution in [0.3, 0.4) is 0 Å². The Morgan fingerprint density at radius 2 is 1.97 bits per heavy atom. The van der Waals surface area contributed by atoms with Crippen LogP contribution in [0.1, 0.15) is 42.0 Å². The molecule has 1 aromatic carbocycles. The van der Waals surface area contributed by atoms with E-state index in [0.717, 1.165) is 44.0 Å². The number of nitrogens with zero attached hydrogens (tertiary/aromatic N) is 3. The van der Waals surface area contributed by atoms with E-state index in [1.807, 2.05) is 34.1 Å². The van der Waals surface area contributed by atoms with Gasteiger partial charge in [-0.1, -0.05) is 26.0 Å². The molecule has 2 amide bonds. The summed E-state index contributed by atoms with van der Waals surface area (Å²) in [5.41, 5.74) is 1.05. The zero-order valence-electron chi connectivity index (χ0n) is 22.0. The van der Waals surface area contributed by atoms with Crippen LogP contribution < -0.4 is 10.1 Å². The topological polar surface area (TPSA) is 65.1 Å². The quantitative estimate of drug-likeness (QED) is 0.557. The summed E-state index contributed by atoms with van der Waals surface area (Å²) in [6.45, 7) is 11.4. The third kappa shape index (κ3) is 6.66. The molecule has 0 radical (unpaired) electrons. The number of rotatable bonds is 9. The number of ether oxygens (including phenoxy) is 1. The van der Waals surface area contributed by atoms with Gasteiger partial charge in [0.1, 0.15) is 5.75 Å². The number of thiophene rings is 1. The number of benzene rings is 1. The predicted molar refractivity (Wildman–Crippen MR) is 144 cm³/mol. The van der Waals surface area contributed by atoms with E-state index in [0.29, 0.717) is 25.9 Å². The summed E-state index contributed by atoms with van der Waals surface area (Å²) in [6.07, 6.45) is 1.17. The second kappa shape index (κ2) is 12.2. The van der Waals surface area contributed by atoms with E-state index in [1.54, 1.807) is 18.4 Å². The summed E-state index contributed by atoms with van der Waals surface area (Å²) in [5, 5.41) is 3.34. The molecule has 2 aliphatic rings. The Kier molecular flexibility index (Phi) is 9.04. The molecule has 2 saturated heterocycles. The van der Waals surface area contributed by atoms with Crippen molar-refractivity contribution in [1.82, 2.24) is 20.0 Å². The molecular weight excluding hydrogens is 472 g/mol. The number of amides is 2. The first-order chi connectivity index (χ1) is 17.3. The zero-order chi connectivity index (χ0) is 25.7. The van der Waals surface area contributed by atoms with Gasteiger partial charge in [0.15, 0.2) is 0 Å². The van der Waals surface area contributed by atoms with Crippen LogP contribution >= 0.6 is 11.3 Å². The van der Waals surface area contributed by atoms with Gasteiger partial charge in [0, 0.05) is 68.0 Å². The van der Waals surface area contributed by atoms with Crippen molar-refractivity contribution >= 4 is 23.2 Å². The van der Waals surface area contributed by atoms with Crippen LogP contribution in [0.15, 0.2) is 36.4 Å². The first kappa shape index (κ1) is 26.6. The van der Waals surface area contributed by atoms with Crippen LogP contribution in [0.5, 0.6) is 5.75 Å². The highest BCUT2D eigenvalue weighted by atomic mass is 32.1. The fourth-order valence-electron chi connectivity index (χ4n) is 5.26. The largest absolute Gasteiger partial charge is 0.497 e. The molecule has 0 saturated carbocycles. The molecular formula is C28H40N4O3S. The van der Waals surface area contributed by atoms with Crippen molar-refractivity contribution in [3.63, 3.8) is 0 Å². The molecule has 4 rings (SSSR count). The van der Waals surface area contributed by atoms with Crippen LogP contribution in [-0.4, -0.2) is 78.4 Å². The lowest BCUT2D eigenvalue weighted by Gasteiger charge is -2.32. The van der Waals surface area contributed by atoms with E-state index < -0.39 is 0 Å². The standard InChI is InChI=1S/C28H40N4O3S/c1-20(2)14-27(33)32(17-22-6-5-7-24(15-22)35-4)23-16-26(28(34)30-12-10-29-11-13-30)31(18-23)19-25-9-8-21(3)36-25/h5-9,15,20,23,26,29H,10-14,16-19H2,1-4H3/t23-,26-/m0/s1. The Labute approximate surface area is 219 Å². The smallest absolute Gasteiger partial charge is 0.240 e. The van der Waals surface area contributed by atoms with Crippen LogP contribution in [-0.2, 0) is 22.7 Å². The van der Waals surface area contributed by atoms with E-state index >= 15 is 0 Å². The normalized spacial score (nSPS) is 20.6. The fourth-order valence-corrected chi connectivity index (χ4v) is 6.17. The summed E-state index contributed by atoms with van der Waals surface area (Å²) >= 11 is 1.78. The second-order valence-corrected chi connectivity index (χ2v) is 11.8. The SMILES string of the molecule is COc1cccc(CN(C(=O)CC(C)C)[C@H]2C[C@@H](C(=O)N3CCNCC3)N(Cc3ccc(C)s3)C2)c1. The predicted octanol–water partition coefficient (Wildman–Crippen LogP) is 3.51. The average Bonchev–Trinajstić information content (AvgIpc) is 3.48. The Balaban J connectivity index is 1.59. The first-order valence-corrected chi connectivity index (χ1v) is 13.9. The minimum atomic E-state index is -0.213. The summed E-state index contributed by atoms with van der Waals surface area (Å²) in [7, 11) is 1.66. The average molecular weight is 513 g/mol. The van der Waals surface area contributed by atoms with E-state index in [-0.39, 0.29) is 29.8 Å². The van der Waals surface area contributed by atoms with Gasteiger partial charge in [-0.15, -0.1) is 11.3 Å². The molecule has 0 bridgehead atoms. The number of nitrogens with one attached hydrogen (secondary N) is 1. The minimum absolute atomic E-state index is 0.0135. The molecule has 36 heavy (non-hydrogen) atoms. The van der Waals surface area contributed by atoms with Gasteiger partial charge in [-0.2, -0.15) is 0 Å². The summed E-state index contributed by atoms with van der Waals surface area (Å²) in [5.74, 6) is 1.41. The molecule has 1 aromatic heterocycles. The third-order valence-electron chi connectivity index (χ3n) is 7.08. The number of hydrogen-bond acceptors (Lipinski definition) is 6. The van der Waals surface area contributed by atoms with Crippen molar-refractivity contribution in [2.24, 2.45) is 5.92 Å². The van der Waals surface area contributed by atoms with Crippen molar-refractivity contribution in [2.75, 3.05) is 39.8 Å². The van der Waals surface area contributed by atoms with E-state index in [9.17, 15) is 9.59 Å². The summed E-state index contributed by atoms with van der Waals surface area (Å²) in [4.78, 5) is 36.1. The molecule has 1 N–H and O–H groups in total. The van der Waals surface area contributed by atoms with Gasteiger partial charge >= 0.3 is 0 Å². The highest BCUT2D eigenvalue weighted by Gasteiger charge is 2.42. The number of carbonyl (C=O) groups is 2. The van der Waals surface area contributed by atoms with Crippen LogP contribution in [0.25, 0.3) is 0 Å². The Morgan fingerprint density at radius 3 is 2.64 bits per heavy atom. The highest BCUT2D eigenvalue weighted by molar-refractivity contribution is 7.11. The lowest BCUT2D eigenvalue weighted by molar-refractivity contribution is -0.137. The summed E-state index contributed by atoms with van der Waals surface area (Å²) < 4.78 is 5.42. The van der Waals surface area contributed by atoms with Crippen LogP contribution in [0.4, 0.5) is 0 Å². The molecule has 0 spiro atoms. The molecule has 7 nitrogen and oxygen atoms in total. The minimum Gasteiger partial charge on any atom is -0.497 e. The van der Waals surface area contributed by atoms with Gasteiger partial charge in [-0.3, -0.25) is 14.5 Å². The lowest BCUT2D eigenvalue weighted by atomic mass is 10.0. The molecule has 3 heterocycles. The van der Waals surface area contributed by atoms with Gasteiger partial charge < -0.3 is 19.9 Å². The number of piperazine rings is 1. The van der Waals surface area contributed by atoms with Crippen molar-refractivity contribution in [3.05, 3.63) is 51.7 Å². The monoisotopic (exact) mass is 512 g/mol. The fraction of sp³-hybridized carbons (Fsp3) is 0.571. The zero-order valence-corrected chi connectivity index (χ0v) is 22.9. The van der Waals surface area contributed by atoms with Crippen molar-refractivity contribution in [2.45, 2.75) is 58.8 Å². The van der Waals surface area contributed by atoms with Crippen LogP contribution in [0.2, 0.25) is 0 Å². The number of carbonyl (C=O) groups excluding carboxylic acids is 2. The maximum atomic E-state index is 13.7. The van der Waals surface area contributed by atoms with Gasteiger partial charge in [0.2, 0.25) is 11.8 Å². The van der Waals surface area contributed by atoms with Crippen molar-refractivity contribution in [3.8, 4) is 5.75 Å². The van der Waals surface area contributed by atoms with E-state index in [4.69, 9.17) is 4.74 Å². The molecule has 8 heteroatoms. The maximum absolute atomic E-state index is 13.7. The maximum Gasteiger partial charge on any atom is 0.240 e. The molecule has 2 aromatic rings. The molecule has 2 fully saturated rings. The Bertz CT molecular complexity index is 1030. The molecule has 0 unspecified atom stereocenters. The number of likely N-dealkylation sites (tertiary alicyclic amines) is 1. The third-order valence-corrected chi connectivity index (χ3v) is 8.07. The van der Waals surface area contributed by atoms with Gasteiger partial charge in [-0.25, -0.2) is 0 Å². The van der Waals surface area contributed by atoms with Crippen molar-refractivity contribution < 1.29 is 14.3 Å². The van der Waals surface area contributed by atoms with Gasteiger partial charge in [-0.05, 0) is 49.1 Å². The molecule has 196 valence electrons. The molecule has 2 aliphatic heterocycles. The summed E-state index contributed by atoms with van der Waals surface area (Å²) in [6, 6.07) is 12.0. The number of methoxy groups -OCH3 is 1. The molecule has 0 aliphatic carbocycles. The second-order valence-electron chi connectivity index (χ2n) is 10.4. The van der Waals surface area contributed by atoms with Gasteiger partial charge in [0.05, 0.1) is 13.2 Å². The van der Waals surface area contributed by atoms with Crippen molar-refractivity contribution in [1.29, 1.82) is 0 Å². The Hall–Kier alpha value is -2.42. The Morgan fingerprint density at radius 1 is 1.19 bits per heavy atom. The number of aryl methyl sites for hydroxylation is 1. The first-order valence-electron chi connectivity index (χ1n) is 13.0. The van der Waals surface area contributed by atoms with Gasteiger partial charge in [0.25, 0.3) is 0 Å². The van der Waals surface area contributed by atoms with Crippen LogP contribution in [0, 0.1) is 12.8 Å². The highest BCUT2D eigenvalue weighted by Crippen LogP contribution is 2.30. The van der Waals surface area contributed by atoms with E-state index in [2.05, 4.69) is 43.1 Å². The molecule has 2 atom stereocenters. The number of hydrogen-bond donors (Lipinski definition) is 1. The van der Waals surface area contributed by atoms with E-state index in [1.165, 1.54) is 9.75 Å².